The van der Waals surface area contributed by atoms with Gasteiger partial charge in [-0.25, -0.2) is 4.39 Å². The number of phenolic OH excluding ortho intramolecular Hbond substituents is 1. The molecule has 0 atom stereocenters. The van der Waals surface area contributed by atoms with E-state index in [0.717, 1.165) is 5.69 Å². The molecule has 6 heteroatoms. The summed E-state index contributed by atoms with van der Waals surface area (Å²) in [6, 6.07) is 10.8. The normalized spacial score (nSPS) is 15.3. The Bertz CT molecular complexity index is 744. The summed E-state index contributed by atoms with van der Waals surface area (Å²) in [5.74, 6) is -0.548. The minimum absolute atomic E-state index is 0.0364. The Hall–Kier alpha value is -2.73. The predicted molar refractivity (Wildman–Crippen MR) is 84.9 cm³/mol. The molecule has 118 valence electrons. The number of hydrogen-bond acceptors (Lipinski definition) is 4. The first kappa shape index (κ1) is 15.2. The van der Waals surface area contributed by atoms with Crippen LogP contribution in [0, 0.1) is 5.82 Å². The van der Waals surface area contributed by atoms with Gasteiger partial charge in [-0.2, -0.15) is 0 Å². The number of aromatic hydroxyl groups is 1. The van der Waals surface area contributed by atoms with Gasteiger partial charge in [0.25, 0.3) is 5.91 Å². The van der Waals surface area contributed by atoms with Crippen LogP contribution < -0.4 is 4.90 Å². The lowest BCUT2D eigenvalue weighted by Crippen LogP contribution is -2.41. The molecule has 0 aromatic heterocycles. The fourth-order valence-corrected chi connectivity index (χ4v) is 2.28. The van der Waals surface area contributed by atoms with E-state index < -0.39 is 5.82 Å². The molecule has 23 heavy (non-hydrogen) atoms. The number of aliphatic imine (C=N–C) groups is 1. The Balaban J connectivity index is 1.76. The molecule has 2 aromatic carbocycles. The molecule has 0 radical (unpaired) electrons. The van der Waals surface area contributed by atoms with E-state index >= 15 is 0 Å². The molecule has 3 rings (SSSR count). The number of carbonyl (C=O) groups is 1. The van der Waals surface area contributed by atoms with Gasteiger partial charge in [-0.1, -0.05) is 0 Å². The molecule has 1 aliphatic rings. The second-order valence-corrected chi connectivity index (χ2v) is 5.08. The number of ether oxygens (including phenoxy) is 1. The molecule has 0 bridgehead atoms. The van der Waals surface area contributed by atoms with E-state index in [2.05, 4.69) is 4.99 Å². The molecular formula is C17H15FN2O3. The fourth-order valence-electron chi connectivity index (χ4n) is 2.28. The summed E-state index contributed by atoms with van der Waals surface area (Å²) < 4.78 is 18.2. The lowest BCUT2D eigenvalue weighted by molar-refractivity contribution is -0.125. The van der Waals surface area contributed by atoms with Crippen molar-refractivity contribution >= 4 is 23.5 Å². The molecule has 5 nitrogen and oxygen atoms in total. The van der Waals surface area contributed by atoms with Crippen molar-refractivity contribution in [2.45, 2.75) is 0 Å². The minimum atomic E-state index is -0.439. The smallest absolute Gasteiger partial charge is 0.253 e. The second kappa shape index (κ2) is 6.58. The quantitative estimate of drug-likeness (QED) is 0.886. The molecule has 0 spiro atoms. The molecule has 1 amide bonds. The Morgan fingerprint density at radius 3 is 2.74 bits per heavy atom. The van der Waals surface area contributed by atoms with Gasteiger partial charge in [0.05, 0.1) is 12.3 Å². The second-order valence-electron chi connectivity index (χ2n) is 5.08. The average Bonchev–Trinajstić information content (AvgIpc) is 2.57. The average molecular weight is 314 g/mol. The van der Waals surface area contributed by atoms with Crippen molar-refractivity contribution in [3.8, 4) is 5.75 Å². The maximum Gasteiger partial charge on any atom is 0.253 e. The standard InChI is InChI=1S/C17H15FN2O3/c18-13-1-6-16(21)12(9-13)10-19-14-2-4-15(5-3-14)20-7-8-23-11-17(20)22/h1-6,9-10,21H,7-8,11H2. The van der Waals surface area contributed by atoms with Crippen molar-refractivity contribution in [1.29, 1.82) is 0 Å². The predicted octanol–water partition coefficient (Wildman–Crippen LogP) is 2.65. The van der Waals surface area contributed by atoms with Crippen LogP contribution in [0.1, 0.15) is 5.56 Å². The van der Waals surface area contributed by atoms with Crippen LogP contribution in [0.5, 0.6) is 5.75 Å². The van der Waals surface area contributed by atoms with Crippen molar-refractivity contribution in [2.24, 2.45) is 4.99 Å². The van der Waals surface area contributed by atoms with Crippen LogP contribution >= 0.6 is 0 Å². The minimum Gasteiger partial charge on any atom is -0.507 e. The largest absolute Gasteiger partial charge is 0.507 e. The van der Waals surface area contributed by atoms with E-state index in [9.17, 15) is 14.3 Å². The Labute approximate surface area is 132 Å². The number of carbonyl (C=O) groups excluding carboxylic acids is 1. The number of amides is 1. The maximum absolute atomic E-state index is 13.1. The first-order valence-electron chi connectivity index (χ1n) is 7.14. The number of phenols is 1. The van der Waals surface area contributed by atoms with Crippen LogP contribution in [0.2, 0.25) is 0 Å². The number of halogens is 1. The Morgan fingerprint density at radius 2 is 2.00 bits per heavy atom. The molecule has 1 heterocycles. The molecular weight excluding hydrogens is 299 g/mol. The highest BCUT2D eigenvalue weighted by Gasteiger charge is 2.19. The number of benzene rings is 2. The van der Waals surface area contributed by atoms with Crippen LogP contribution in [0.3, 0.4) is 0 Å². The van der Waals surface area contributed by atoms with E-state index in [1.54, 1.807) is 29.2 Å². The van der Waals surface area contributed by atoms with E-state index in [1.807, 2.05) is 0 Å². The fraction of sp³-hybridized carbons (Fsp3) is 0.176. The Morgan fingerprint density at radius 1 is 1.22 bits per heavy atom. The van der Waals surface area contributed by atoms with Gasteiger partial charge in [-0.15, -0.1) is 0 Å². The zero-order chi connectivity index (χ0) is 16.2. The molecule has 1 N–H and O–H groups in total. The molecule has 2 aromatic rings. The summed E-state index contributed by atoms with van der Waals surface area (Å²) in [7, 11) is 0. The summed E-state index contributed by atoms with van der Waals surface area (Å²) >= 11 is 0. The van der Waals surface area contributed by atoms with Crippen molar-refractivity contribution < 1.29 is 19.0 Å². The van der Waals surface area contributed by atoms with E-state index in [4.69, 9.17) is 4.74 Å². The summed E-state index contributed by atoms with van der Waals surface area (Å²) in [5, 5.41) is 9.64. The highest BCUT2D eigenvalue weighted by atomic mass is 19.1. The molecule has 1 aliphatic heterocycles. The number of hydrogen-bond donors (Lipinski definition) is 1. The van der Waals surface area contributed by atoms with Gasteiger partial charge >= 0.3 is 0 Å². The number of morpholine rings is 1. The van der Waals surface area contributed by atoms with Crippen molar-refractivity contribution in [2.75, 3.05) is 24.7 Å². The molecule has 0 aliphatic carbocycles. The van der Waals surface area contributed by atoms with Crippen LogP contribution in [-0.2, 0) is 9.53 Å². The topological polar surface area (TPSA) is 62.1 Å². The summed E-state index contributed by atoms with van der Waals surface area (Å²) in [5.41, 5.74) is 1.72. The van der Waals surface area contributed by atoms with Crippen LogP contribution in [-0.4, -0.2) is 37.0 Å². The zero-order valence-corrected chi connectivity index (χ0v) is 12.3. The maximum atomic E-state index is 13.1. The third kappa shape index (κ3) is 3.54. The van der Waals surface area contributed by atoms with Gasteiger partial charge in [0.1, 0.15) is 18.2 Å². The van der Waals surface area contributed by atoms with Gasteiger partial charge in [-0.05, 0) is 42.5 Å². The van der Waals surface area contributed by atoms with Gasteiger partial charge in [-0.3, -0.25) is 9.79 Å². The van der Waals surface area contributed by atoms with Crippen LogP contribution in [0.15, 0.2) is 47.5 Å². The summed E-state index contributed by atoms with van der Waals surface area (Å²) in [6.45, 7) is 1.14. The molecule has 1 fully saturated rings. The van der Waals surface area contributed by atoms with Crippen LogP contribution in [0.25, 0.3) is 0 Å². The molecule has 0 saturated carbocycles. The van der Waals surface area contributed by atoms with Crippen molar-refractivity contribution in [1.82, 2.24) is 0 Å². The Kier molecular flexibility index (Phi) is 4.34. The van der Waals surface area contributed by atoms with Crippen molar-refractivity contribution in [3.63, 3.8) is 0 Å². The van der Waals surface area contributed by atoms with E-state index in [-0.39, 0.29) is 18.3 Å². The first-order chi connectivity index (χ1) is 11.1. The van der Waals surface area contributed by atoms with E-state index in [0.29, 0.717) is 24.4 Å². The van der Waals surface area contributed by atoms with Gasteiger partial charge < -0.3 is 14.7 Å². The number of rotatable bonds is 3. The highest BCUT2D eigenvalue weighted by molar-refractivity contribution is 5.95. The molecule has 0 unspecified atom stereocenters. The third-order valence-electron chi connectivity index (χ3n) is 3.49. The molecule has 1 saturated heterocycles. The third-order valence-corrected chi connectivity index (χ3v) is 3.49. The van der Waals surface area contributed by atoms with Gasteiger partial charge in [0, 0.05) is 24.0 Å². The monoisotopic (exact) mass is 314 g/mol. The lowest BCUT2D eigenvalue weighted by atomic mass is 10.2. The summed E-state index contributed by atoms with van der Waals surface area (Å²) in [4.78, 5) is 17.6. The van der Waals surface area contributed by atoms with E-state index in [1.165, 1.54) is 24.4 Å². The highest BCUT2D eigenvalue weighted by Crippen LogP contribution is 2.22. The SMILES string of the molecule is O=C1COCCN1c1ccc(N=Cc2cc(F)ccc2O)cc1. The lowest BCUT2D eigenvalue weighted by Gasteiger charge is -2.26. The van der Waals surface area contributed by atoms with Gasteiger partial charge in [0.2, 0.25) is 0 Å². The van der Waals surface area contributed by atoms with Gasteiger partial charge in [0.15, 0.2) is 0 Å². The summed E-state index contributed by atoms with van der Waals surface area (Å²) in [6.07, 6.45) is 1.40. The number of anilines is 1. The zero-order valence-electron chi connectivity index (χ0n) is 12.3. The van der Waals surface area contributed by atoms with Crippen molar-refractivity contribution in [3.05, 3.63) is 53.8 Å². The number of nitrogens with zero attached hydrogens (tertiary/aromatic N) is 2. The first-order valence-corrected chi connectivity index (χ1v) is 7.14. The van der Waals surface area contributed by atoms with Crippen LogP contribution in [0.4, 0.5) is 15.8 Å².